The second-order valence-electron chi connectivity index (χ2n) is 6.19. The van der Waals surface area contributed by atoms with Crippen LogP contribution in [0.2, 0.25) is 0 Å². The minimum atomic E-state index is -0.462. The van der Waals surface area contributed by atoms with E-state index >= 15 is 0 Å². The first-order valence-corrected chi connectivity index (χ1v) is 8.45. The predicted octanol–water partition coefficient (Wildman–Crippen LogP) is 6.00. The Bertz CT molecular complexity index is 445. The molecule has 1 aliphatic heterocycles. The van der Waals surface area contributed by atoms with E-state index in [9.17, 15) is 8.78 Å². The number of rotatable bonds is 9. The van der Waals surface area contributed by atoms with Crippen LogP contribution in [0.4, 0.5) is 14.5 Å². The van der Waals surface area contributed by atoms with Gasteiger partial charge in [0.2, 0.25) is 0 Å². The summed E-state index contributed by atoms with van der Waals surface area (Å²) in [5.41, 5.74) is 1.34. The van der Waals surface area contributed by atoms with Gasteiger partial charge in [0.1, 0.15) is 11.6 Å². The summed E-state index contributed by atoms with van der Waals surface area (Å²) >= 11 is 0. The standard InChI is InChI=1S/C18H27F2N/c1-2-3-4-5-6-7-8-9-10-14-13-21-18-16(14)11-15(19)12-17(18)20/h11-12,14,21H,2-10,13H2,1H3. The van der Waals surface area contributed by atoms with Crippen LogP contribution in [-0.2, 0) is 0 Å². The summed E-state index contributed by atoms with van der Waals surface area (Å²) in [7, 11) is 0. The van der Waals surface area contributed by atoms with Crippen molar-refractivity contribution in [3.63, 3.8) is 0 Å². The van der Waals surface area contributed by atoms with E-state index in [2.05, 4.69) is 12.2 Å². The first-order valence-electron chi connectivity index (χ1n) is 8.45. The van der Waals surface area contributed by atoms with E-state index < -0.39 is 11.6 Å². The maximum absolute atomic E-state index is 13.6. The lowest BCUT2D eigenvalue weighted by molar-refractivity contribution is 0.540. The van der Waals surface area contributed by atoms with Gasteiger partial charge in [0.15, 0.2) is 0 Å². The second-order valence-corrected chi connectivity index (χ2v) is 6.19. The third kappa shape index (κ3) is 4.69. The molecule has 1 nitrogen and oxygen atoms in total. The highest BCUT2D eigenvalue weighted by Crippen LogP contribution is 2.37. The van der Waals surface area contributed by atoms with E-state index in [0.717, 1.165) is 31.0 Å². The number of nitrogens with one attached hydrogen (secondary N) is 1. The number of halogens is 2. The van der Waals surface area contributed by atoms with Gasteiger partial charge in [-0.3, -0.25) is 0 Å². The van der Waals surface area contributed by atoms with Gasteiger partial charge in [-0.05, 0) is 18.1 Å². The first kappa shape index (κ1) is 16.3. The number of anilines is 1. The molecule has 0 saturated carbocycles. The normalized spacial score (nSPS) is 16.8. The summed E-state index contributed by atoms with van der Waals surface area (Å²) < 4.78 is 26.9. The Morgan fingerprint density at radius 1 is 1.00 bits per heavy atom. The fraction of sp³-hybridized carbons (Fsp3) is 0.667. The molecule has 118 valence electrons. The Morgan fingerprint density at radius 3 is 2.38 bits per heavy atom. The molecule has 0 amide bonds. The zero-order valence-electron chi connectivity index (χ0n) is 13.1. The molecule has 1 N–H and O–H groups in total. The van der Waals surface area contributed by atoms with Gasteiger partial charge < -0.3 is 5.32 Å². The van der Waals surface area contributed by atoms with E-state index in [4.69, 9.17) is 0 Å². The highest BCUT2D eigenvalue weighted by molar-refractivity contribution is 5.58. The van der Waals surface area contributed by atoms with E-state index in [1.807, 2.05) is 0 Å². The quantitative estimate of drug-likeness (QED) is 0.550. The molecule has 21 heavy (non-hydrogen) atoms. The fourth-order valence-electron chi connectivity index (χ4n) is 3.22. The minimum absolute atomic E-state index is 0.269. The smallest absolute Gasteiger partial charge is 0.149 e. The molecule has 0 radical (unpaired) electrons. The third-order valence-electron chi connectivity index (χ3n) is 4.46. The van der Waals surface area contributed by atoms with Crippen molar-refractivity contribution in [1.82, 2.24) is 0 Å². The van der Waals surface area contributed by atoms with E-state index in [1.54, 1.807) is 0 Å². The SMILES string of the molecule is CCCCCCCCCCC1CNc2c(F)cc(F)cc21. The van der Waals surface area contributed by atoms with Crippen molar-refractivity contribution in [3.05, 3.63) is 29.3 Å². The first-order chi connectivity index (χ1) is 10.2. The second kappa shape index (κ2) is 8.35. The topological polar surface area (TPSA) is 12.0 Å². The summed E-state index contributed by atoms with van der Waals surface area (Å²) in [6.07, 6.45) is 11.4. The lowest BCUT2D eigenvalue weighted by Crippen LogP contribution is -2.01. The van der Waals surface area contributed by atoms with Crippen molar-refractivity contribution in [3.8, 4) is 0 Å². The number of hydrogen-bond donors (Lipinski definition) is 1. The van der Waals surface area contributed by atoms with Crippen LogP contribution >= 0.6 is 0 Å². The zero-order chi connectivity index (χ0) is 15.1. The summed E-state index contributed by atoms with van der Waals surface area (Å²) in [5, 5.41) is 3.08. The molecule has 1 unspecified atom stereocenters. The third-order valence-corrected chi connectivity index (χ3v) is 4.46. The Hall–Kier alpha value is -1.12. The van der Waals surface area contributed by atoms with Crippen molar-refractivity contribution in [1.29, 1.82) is 0 Å². The van der Waals surface area contributed by atoms with E-state index in [0.29, 0.717) is 5.69 Å². The Balaban J connectivity index is 1.67. The van der Waals surface area contributed by atoms with Crippen LogP contribution in [0.3, 0.4) is 0 Å². The van der Waals surface area contributed by atoms with Crippen LogP contribution < -0.4 is 5.32 Å². The number of benzene rings is 1. The van der Waals surface area contributed by atoms with Crippen molar-refractivity contribution >= 4 is 5.69 Å². The number of unbranched alkanes of at least 4 members (excludes halogenated alkanes) is 7. The van der Waals surface area contributed by atoms with Crippen LogP contribution in [0.25, 0.3) is 0 Å². The van der Waals surface area contributed by atoms with Gasteiger partial charge in [-0.25, -0.2) is 8.78 Å². The molecule has 2 rings (SSSR count). The van der Waals surface area contributed by atoms with Crippen LogP contribution in [0, 0.1) is 11.6 Å². The van der Waals surface area contributed by atoms with Gasteiger partial charge in [-0.15, -0.1) is 0 Å². The molecule has 0 aromatic heterocycles. The summed E-state index contributed by atoms with van der Waals surface area (Å²) in [6, 6.07) is 2.46. The number of hydrogen-bond acceptors (Lipinski definition) is 1. The molecule has 0 aliphatic carbocycles. The molecule has 3 heteroatoms. The summed E-state index contributed by atoms with van der Waals surface area (Å²) in [6.45, 7) is 2.98. The molecule has 0 fully saturated rings. The molecule has 1 heterocycles. The predicted molar refractivity (Wildman–Crippen MR) is 84.8 cm³/mol. The molecule has 1 aliphatic rings. The molecule has 1 aromatic carbocycles. The average molecular weight is 295 g/mol. The molecule has 0 bridgehead atoms. The highest BCUT2D eigenvalue weighted by atomic mass is 19.1. The molecular weight excluding hydrogens is 268 g/mol. The van der Waals surface area contributed by atoms with Gasteiger partial charge in [0.25, 0.3) is 0 Å². The fourth-order valence-corrected chi connectivity index (χ4v) is 3.22. The van der Waals surface area contributed by atoms with Crippen molar-refractivity contribution in [2.24, 2.45) is 0 Å². The van der Waals surface area contributed by atoms with Gasteiger partial charge in [0.05, 0.1) is 5.69 Å². The van der Waals surface area contributed by atoms with Crippen LogP contribution in [0.15, 0.2) is 12.1 Å². The van der Waals surface area contributed by atoms with E-state index in [-0.39, 0.29) is 5.92 Å². The van der Waals surface area contributed by atoms with Crippen LogP contribution in [0.1, 0.15) is 76.2 Å². The van der Waals surface area contributed by atoms with Crippen molar-refractivity contribution in [2.75, 3.05) is 11.9 Å². The summed E-state index contributed by atoms with van der Waals surface area (Å²) in [4.78, 5) is 0. The molecule has 0 spiro atoms. The maximum Gasteiger partial charge on any atom is 0.149 e. The Labute approximate surface area is 127 Å². The monoisotopic (exact) mass is 295 g/mol. The van der Waals surface area contributed by atoms with Crippen LogP contribution in [-0.4, -0.2) is 6.54 Å². The lowest BCUT2D eigenvalue weighted by atomic mass is 9.94. The van der Waals surface area contributed by atoms with E-state index in [1.165, 1.54) is 51.0 Å². The van der Waals surface area contributed by atoms with Crippen molar-refractivity contribution in [2.45, 2.75) is 70.6 Å². The van der Waals surface area contributed by atoms with Crippen LogP contribution in [0.5, 0.6) is 0 Å². The highest BCUT2D eigenvalue weighted by Gasteiger charge is 2.25. The minimum Gasteiger partial charge on any atom is -0.382 e. The van der Waals surface area contributed by atoms with Crippen molar-refractivity contribution < 1.29 is 8.78 Å². The molecule has 1 atom stereocenters. The van der Waals surface area contributed by atoms with Gasteiger partial charge in [-0.2, -0.15) is 0 Å². The molecule has 0 saturated heterocycles. The van der Waals surface area contributed by atoms with Gasteiger partial charge >= 0.3 is 0 Å². The Morgan fingerprint density at radius 2 is 1.67 bits per heavy atom. The zero-order valence-corrected chi connectivity index (χ0v) is 13.1. The molecular formula is C18H27F2N. The van der Waals surface area contributed by atoms with Gasteiger partial charge in [0, 0.05) is 18.5 Å². The maximum atomic E-state index is 13.6. The largest absolute Gasteiger partial charge is 0.382 e. The molecule has 1 aromatic rings. The van der Waals surface area contributed by atoms with Gasteiger partial charge in [-0.1, -0.05) is 58.3 Å². The summed E-state index contributed by atoms with van der Waals surface area (Å²) in [5.74, 6) is -0.649. The lowest BCUT2D eigenvalue weighted by Gasteiger charge is -2.10. The Kier molecular flexibility index (Phi) is 6.47. The average Bonchev–Trinajstić information content (AvgIpc) is 2.85. The number of fused-ring (bicyclic) bond motifs is 1.